The average Bonchev–Trinajstić information content (AvgIpc) is 3.72. The van der Waals surface area contributed by atoms with Gasteiger partial charge >= 0.3 is 0 Å². The molecular weight excluding hydrogens is 587 g/mol. The molecule has 12 heteroatoms. The van der Waals surface area contributed by atoms with Gasteiger partial charge in [0.1, 0.15) is 17.3 Å². The van der Waals surface area contributed by atoms with Crippen LogP contribution in [0.25, 0.3) is 28.3 Å². The molecule has 0 atom stereocenters. The van der Waals surface area contributed by atoms with Crippen LogP contribution in [0.2, 0.25) is 0 Å². The second-order valence-electron chi connectivity index (χ2n) is 11.7. The van der Waals surface area contributed by atoms with Crippen LogP contribution < -0.4 is 4.90 Å². The number of aromatic nitrogens is 6. The smallest absolute Gasteiger partial charge is 0.222 e. The lowest BCUT2D eigenvalue weighted by Gasteiger charge is -2.33. The highest BCUT2D eigenvalue weighted by Gasteiger charge is 2.27. The van der Waals surface area contributed by atoms with Gasteiger partial charge in [0.15, 0.2) is 11.4 Å². The first-order valence-corrected chi connectivity index (χ1v) is 15.7. The number of hydrogen-bond acceptors (Lipinski definition) is 8. The van der Waals surface area contributed by atoms with Crippen molar-refractivity contribution in [1.82, 2.24) is 34.0 Å². The minimum absolute atomic E-state index is 0.0508. The van der Waals surface area contributed by atoms with E-state index < -0.39 is 0 Å². The topological polar surface area (TPSA) is 111 Å². The van der Waals surface area contributed by atoms with Crippen LogP contribution in [-0.2, 0) is 16.0 Å². The molecule has 0 spiro atoms. The summed E-state index contributed by atoms with van der Waals surface area (Å²) in [7, 11) is 0. The van der Waals surface area contributed by atoms with Crippen LogP contribution in [0.15, 0.2) is 67.3 Å². The zero-order chi connectivity index (χ0) is 31.6. The first kappa shape index (κ1) is 29.7. The molecule has 2 aliphatic rings. The lowest BCUT2D eigenvalue weighted by molar-refractivity contribution is -0.132. The van der Waals surface area contributed by atoms with Gasteiger partial charge in [0.2, 0.25) is 5.91 Å². The number of nitrogens with zero attached hydrogens (tertiary/aromatic N) is 8. The fourth-order valence-electron chi connectivity index (χ4n) is 6.29. The molecule has 2 aliphatic heterocycles. The highest BCUT2D eigenvalue weighted by atomic mass is 19.1. The van der Waals surface area contributed by atoms with Crippen molar-refractivity contribution in [2.75, 3.05) is 44.3 Å². The summed E-state index contributed by atoms with van der Waals surface area (Å²) in [5, 5.41) is 4.92. The third-order valence-corrected chi connectivity index (χ3v) is 8.78. The molecular formula is C34H35FN8O3. The third-order valence-electron chi connectivity index (χ3n) is 8.78. The minimum Gasteiger partial charge on any atom is -0.378 e. The molecule has 11 nitrogen and oxygen atoms in total. The van der Waals surface area contributed by atoms with Gasteiger partial charge in [-0.2, -0.15) is 5.10 Å². The van der Waals surface area contributed by atoms with Crippen molar-refractivity contribution in [2.24, 2.45) is 0 Å². The standard InChI is InChI=1S/C34H35FN8O3/c1-2-32(45)41-13-10-27(11-14-41)42-22-37-33(23-3-5-25(35)6-4-23)34(42)28-7-8-30-38-26(21-43(30)39-28)20-29(44)24-9-12-36-31(19-24)40-15-17-46-18-16-40/h3-9,12,19,21-22,27H,2,10-11,13-18,20H2,1H3. The van der Waals surface area contributed by atoms with Gasteiger partial charge < -0.3 is 19.1 Å². The summed E-state index contributed by atoms with van der Waals surface area (Å²) in [5.41, 5.74) is 4.78. The van der Waals surface area contributed by atoms with E-state index in [9.17, 15) is 14.0 Å². The maximum atomic E-state index is 13.8. The van der Waals surface area contributed by atoms with Crippen LogP contribution in [-0.4, -0.2) is 85.1 Å². The quantitative estimate of drug-likeness (QED) is 0.231. The Bertz CT molecular complexity index is 1870. The number of carbonyl (C=O) groups excluding carboxylic acids is 2. The summed E-state index contributed by atoms with van der Waals surface area (Å²) in [4.78, 5) is 43.6. The fraction of sp³-hybridized carbons (Fsp3) is 0.353. The number of likely N-dealkylation sites (tertiary alicyclic amines) is 1. The van der Waals surface area contributed by atoms with Gasteiger partial charge in [0, 0.05) is 56.0 Å². The van der Waals surface area contributed by atoms with Crippen molar-refractivity contribution in [1.29, 1.82) is 0 Å². The molecule has 2 saturated heterocycles. The number of morpholine rings is 1. The number of carbonyl (C=O) groups is 2. The monoisotopic (exact) mass is 622 g/mol. The molecule has 0 bridgehead atoms. The highest BCUT2D eigenvalue weighted by Crippen LogP contribution is 2.35. The second-order valence-corrected chi connectivity index (χ2v) is 11.7. The summed E-state index contributed by atoms with van der Waals surface area (Å²) >= 11 is 0. The van der Waals surface area contributed by atoms with Gasteiger partial charge in [-0.1, -0.05) is 6.92 Å². The number of fused-ring (bicyclic) bond motifs is 1. The van der Waals surface area contributed by atoms with Crippen molar-refractivity contribution in [3.8, 4) is 22.6 Å². The Hall–Kier alpha value is -4.97. The molecule has 0 radical (unpaired) electrons. The van der Waals surface area contributed by atoms with E-state index >= 15 is 0 Å². The molecule has 0 saturated carbocycles. The second kappa shape index (κ2) is 12.8. The van der Waals surface area contributed by atoms with E-state index in [4.69, 9.17) is 14.8 Å². The normalized spacial score (nSPS) is 15.9. The molecule has 4 aromatic heterocycles. The van der Waals surface area contributed by atoms with Crippen LogP contribution in [0.5, 0.6) is 0 Å². The van der Waals surface area contributed by atoms with E-state index in [1.165, 1.54) is 12.1 Å². The van der Waals surface area contributed by atoms with Crippen LogP contribution in [0.3, 0.4) is 0 Å². The largest absolute Gasteiger partial charge is 0.378 e. The van der Waals surface area contributed by atoms with Gasteiger partial charge in [-0.15, -0.1) is 0 Å². The van der Waals surface area contributed by atoms with Gasteiger partial charge in [-0.05, 0) is 61.4 Å². The lowest BCUT2D eigenvalue weighted by atomic mass is 10.0. The number of piperidine rings is 1. The Morgan fingerprint density at radius 1 is 0.978 bits per heavy atom. The summed E-state index contributed by atoms with van der Waals surface area (Å²) < 4.78 is 23.1. The number of hydrogen-bond donors (Lipinski definition) is 0. The summed E-state index contributed by atoms with van der Waals surface area (Å²) in [6.45, 7) is 6.01. The average molecular weight is 623 g/mol. The molecule has 7 rings (SSSR count). The van der Waals surface area contributed by atoms with Crippen molar-refractivity contribution in [3.63, 3.8) is 0 Å². The molecule has 1 aromatic carbocycles. The maximum absolute atomic E-state index is 13.8. The van der Waals surface area contributed by atoms with Gasteiger partial charge in [-0.3, -0.25) is 9.59 Å². The Balaban J connectivity index is 1.17. The first-order chi connectivity index (χ1) is 22.5. The van der Waals surface area contributed by atoms with E-state index in [0.29, 0.717) is 61.0 Å². The fourth-order valence-corrected chi connectivity index (χ4v) is 6.29. The number of halogens is 1. The zero-order valence-corrected chi connectivity index (χ0v) is 25.7. The van der Waals surface area contributed by atoms with E-state index in [2.05, 4.69) is 19.4 Å². The number of ether oxygens (including phenoxy) is 1. The van der Waals surface area contributed by atoms with E-state index in [-0.39, 0.29) is 30.0 Å². The minimum atomic E-state index is -0.318. The Morgan fingerprint density at radius 2 is 1.76 bits per heavy atom. The van der Waals surface area contributed by atoms with E-state index in [0.717, 1.165) is 43.0 Å². The molecule has 6 heterocycles. The third kappa shape index (κ3) is 6.00. The highest BCUT2D eigenvalue weighted by molar-refractivity contribution is 5.98. The van der Waals surface area contributed by atoms with Crippen LogP contribution >= 0.6 is 0 Å². The lowest BCUT2D eigenvalue weighted by Crippen LogP contribution is -2.38. The Kier molecular flexibility index (Phi) is 8.27. The SMILES string of the molecule is CCC(=O)N1CCC(n2cnc(-c3ccc(F)cc3)c2-c2ccc3nc(CC(=O)c4ccnc(N5CCOCC5)c4)cn3n2)CC1. The van der Waals surface area contributed by atoms with E-state index in [1.54, 1.807) is 35.1 Å². The van der Waals surface area contributed by atoms with Gasteiger partial charge in [0.25, 0.3) is 0 Å². The molecule has 0 N–H and O–H groups in total. The molecule has 5 aromatic rings. The van der Waals surface area contributed by atoms with Crippen molar-refractivity contribution < 1.29 is 18.7 Å². The number of pyridine rings is 1. The van der Waals surface area contributed by atoms with Crippen LogP contribution in [0, 0.1) is 5.82 Å². The number of rotatable bonds is 8. The molecule has 0 unspecified atom stereocenters. The van der Waals surface area contributed by atoms with Crippen molar-refractivity contribution >= 4 is 23.2 Å². The first-order valence-electron chi connectivity index (χ1n) is 15.7. The Morgan fingerprint density at radius 3 is 2.52 bits per heavy atom. The molecule has 46 heavy (non-hydrogen) atoms. The summed E-state index contributed by atoms with van der Waals surface area (Å²) in [5.74, 6) is 0.567. The number of amides is 1. The predicted molar refractivity (Wildman–Crippen MR) is 170 cm³/mol. The Labute approximate surface area is 265 Å². The van der Waals surface area contributed by atoms with Crippen LogP contribution in [0.4, 0.5) is 10.2 Å². The number of anilines is 1. The van der Waals surface area contributed by atoms with E-state index in [1.807, 2.05) is 36.4 Å². The number of imidazole rings is 2. The van der Waals surface area contributed by atoms with Crippen LogP contribution in [0.1, 0.15) is 48.3 Å². The molecule has 2 fully saturated rings. The molecule has 236 valence electrons. The number of ketones is 1. The molecule has 0 aliphatic carbocycles. The van der Waals surface area contributed by atoms with Gasteiger partial charge in [0.05, 0.1) is 49.2 Å². The number of benzene rings is 1. The predicted octanol–water partition coefficient (Wildman–Crippen LogP) is 4.63. The summed E-state index contributed by atoms with van der Waals surface area (Å²) in [6, 6.07) is 13.8. The maximum Gasteiger partial charge on any atom is 0.222 e. The zero-order valence-electron chi connectivity index (χ0n) is 25.7. The summed E-state index contributed by atoms with van der Waals surface area (Å²) in [6.07, 6.45) is 7.48. The van der Waals surface area contributed by atoms with Crippen molar-refractivity contribution in [2.45, 2.75) is 38.6 Å². The molecule has 1 amide bonds. The van der Waals surface area contributed by atoms with Crippen molar-refractivity contribution in [3.05, 3.63) is 84.3 Å². The van der Waals surface area contributed by atoms with Gasteiger partial charge in [-0.25, -0.2) is 23.9 Å². The number of Topliss-reactive ketones (excluding diaryl/α,β-unsaturated/α-hetero) is 1.